The minimum atomic E-state index is -2.75. The van der Waals surface area contributed by atoms with Crippen LogP contribution in [0, 0.1) is 11.3 Å². The fraction of sp³-hybridized carbons (Fsp3) is 0.235. The van der Waals surface area contributed by atoms with Crippen molar-refractivity contribution in [2.24, 2.45) is 4.36 Å². The van der Waals surface area contributed by atoms with Crippen LogP contribution in [0.4, 0.5) is 5.69 Å². The average Bonchev–Trinajstić information content (AvgIpc) is 2.64. The normalized spacial score (nSPS) is 17.9. The second-order valence-electron chi connectivity index (χ2n) is 5.10. The highest BCUT2D eigenvalue weighted by Gasteiger charge is 2.24. The van der Waals surface area contributed by atoms with Crippen LogP contribution in [0.2, 0.25) is 0 Å². The molecule has 0 N–H and O–H groups in total. The lowest BCUT2D eigenvalue weighted by Crippen LogP contribution is -2.40. The van der Waals surface area contributed by atoms with Gasteiger partial charge in [0.25, 0.3) is 0 Å². The molecule has 1 heterocycles. The van der Waals surface area contributed by atoms with E-state index in [0.717, 1.165) is 0 Å². The quantitative estimate of drug-likeness (QED) is 0.870. The Kier molecular flexibility index (Phi) is 4.72. The molecule has 1 aliphatic heterocycles. The van der Waals surface area contributed by atoms with Gasteiger partial charge in [0.1, 0.15) is 9.92 Å². The van der Waals surface area contributed by atoms with Gasteiger partial charge in [-0.3, -0.25) is 0 Å². The summed E-state index contributed by atoms with van der Waals surface area (Å²) in [6.07, 6.45) is 0. The van der Waals surface area contributed by atoms with E-state index in [1.807, 2.05) is 34.6 Å². The molecule has 5 nitrogen and oxygen atoms in total. The summed E-state index contributed by atoms with van der Waals surface area (Å²) in [5.41, 5.74) is 1.16. The monoisotopic (exact) mass is 327 g/mol. The van der Waals surface area contributed by atoms with Crippen molar-refractivity contribution in [2.75, 3.05) is 26.3 Å². The molecule has 0 amide bonds. The van der Waals surface area contributed by atoms with Crippen molar-refractivity contribution in [3.8, 4) is 6.07 Å². The zero-order chi connectivity index (χ0) is 16.1. The van der Waals surface area contributed by atoms with Gasteiger partial charge in [-0.25, -0.2) is 8.51 Å². The number of rotatable bonds is 3. The van der Waals surface area contributed by atoms with Crippen LogP contribution in [0.5, 0.6) is 0 Å². The lowest BCUT2D eigenvalue weighted by atomic mass is 10.2. The average molecular weight is 327 g/mol. The Morgan fingerprint density at radius 3 is 2.30 bits per heavy atom. The number of hydrogen-bond donors (Lipinski definition) is 0. The van der Waals surface area contributed by atoms with Crippen LogP contribution in [-0.2, 0) is 14.7 Å². The van der Waals surface area contributed by atoms with E-state index < -0.39 is 9.92 Å². The first-order valence-electron chi connectivity index (χ1n) is 7.38. The summed E-state index contributed by atoms with van der Waals surface area (Å²) in [5, 5.41) is 8.88. The molecular weight excluding hydrogens is 310 g/mol. The molecule has 118 valence electrons. The molecule has 0 spiro atoms. The molecule has 1 unspecified atom stereocenters. The molecule has 1 fully saturated rings. The van der Waals surface area contributed by atoms with Gasteiger partial charge in [0.2, 0.25) is 0 Å². The first kappa shape index (κ1) is 15.7. The van der Waals surface area contributed by atoms with Crippen molar-refractivity contribution in [3.63, 3.8) is 0 Å². The molecule has 1 aliphatic rings. The van der Waals surface area contributed by atoms with E-state index in [-0.39, 0.29) is 0 Å². The summed E-state index contributed by atoms with van der Waals surface area (Å²) in [4.78, 5) is 0.686. The Morgan fingerprint density at radius 2 is 1.70 bits per heavy atom. The molecule has 1 saturated heterocycles. The topological polar surface area (TPSA) is 65.7 Å². The second kappa shape index (κ2) is 6.92. The second-order valence-corrected chi connectivity index (χ2v) is 7.26. The number of morpholine rings is 1. The van der Waals surface area contributed by atoms with Crippen molar-refractivity contribution in [2.45, 2.75) is 4.90 Å². The molecule has 2 aromatic carbocycles. The summed E-state index contributed by atoms with van der Waals surface area (Å²) in [5.74, 6) is 0. The molecule has 1 atom stereocenters. The van der Waals surface area contributed by atoms with Gasteiger partial charge in [-0.1, -0.05) is 18.2 Å². The summed E-state index contributed by atoms with van der Waals surface area (Å²) in [7, 11) is -2.75. The molecule has 6 heteroatoms. The standard InChI is InChI=1S/C17H17N3O2S/c18-14-15-6-8-16(9-7-15)19-23(21,17-4-2-1-3-5-17)20-10-12-22-13-11-20/h1-9H,10-13H2. The van der Waals surface area contributed by atoms with Crippen LogP contribution >= 0.6 is 0 Å². The van der Waals surface area contributed by atoms with Gasteiger partial charge in [0.05, 0.1) is 35.4 Å². The predicted molar refractivity (Wildman–Crippen MR) is 88.5 cm³/mol. The highest BCUT2D eigenvalue weighted by molar-refractivity contribution is 7.91. The molecule has 0 saturated carbocycles. The van der Waals surface area contributed by atoms with E-state index >= 15 is 0 Å². The zero-order valence-electron chi connectivity index (χ0n) is 12.6. The Balaban J connectivity index is 2.09. The number of nitriles is 1. The van der Waals surface area contributed by atoms with E-state index in [1.165, 1.54) is 0 Å². The highest BCUT2D eigenvalue weighted by Crippen LogP contribution is 2.25. The molecule has 0 bridgehead atoms. The fourth-order valence-electron chi connectivity index (χ4n) is 2.39. The van der Waals surface area contributed by atoms with Crippen molar-refractivity contribution in [1.82, 2.24) is 4.31 Å². The van der Waals surface area contributed by atoms with E-state index in [9.17, 15) is 4.21 Å². The highest BCUT2D eigenvalue weighted by atomic mass is 32.2. The maximum absolute atomic E-state index is 13.7. The smallest absolute Gasteiger partial charge is 0.144 e. The molecule has 0 aliphatic carbocycles. The van der Waals surface area contributed by atoms with Gasteiger partial charge in [-0.05, 0) is 36.4 Å². The maximum atomic E-state index is 13.7. The van der Waals surface area contributed by atoms with Crippen LogP contribution in [0.3, 0.4) is 0 Å². The molecular formula is C17H17N3O2S. The lowest BCUT2D eigenvalue weighted by Gasteiger charge is -2.29. The Morgan fingerprint density at radius 1 is 1.04 bits per heavy atom. The zero-order valence-corrected chi connectivity index (χ0v) is 13.4. The Bertz CT molecular complexity index is 813. The Hall–Kier alpha value is -2.20. The van der Waals surface area contributed by atoms with Crippen molar-refractivity contribution >= 4 is 15.6 Å². The number of hydrogen-bond acceptors (Lipinski definition) is 4. The van der Waals surface area contributed by atoms with Crippen LogP contribution < -0.4 is 0 Å². The number of ether oxygens (including phenoxy) is 1. The van der Waals surface area contributed by atoms with Gasteiger partial charge >= 0.3 is 0 Å². The van der Waals surface area contributed by atoms with E-state index in [2.05, 4.69) is 10.4 Å². The molecule has 3 rings (SSSR count). The van der Waals surface area contributed by atoms with Crippen LogP contribution in [0.25, 0.3) is 0 Å². The number of benzene rings is 2. The molecule has 0 radical (unpaired) electrons. The third-order valence-corrected chi connectivity index (χ3v) is 6.01. The van der Waals surface area contributed by atoms with Crippen LogP contribution in [-0.4, -0.2) is 34.8 Å². The first-order valence-corrected chi connectivity index (χ1v) is 8.85. The van der Waals surface area contributed by atoms with Crippen LogP contribution in [0.1, 0.15) is 5.56 Å². The summed E-state index contributed by atoms with van der Waals surface area (Å²) >= 11 is 0. The maximum Gasteiger partial charge on any atom is 0.144 e. The minimum Gasteiger partial charge on any atom is -0.379 e. The van der Waals surface area contributed by atoms with Crippen LogP contribution in [0.15, 0.2) is 63.9 Å². The largest absolute Gasteiger partial charge is 0.379 e. The third-order valence-electron chi connectivity index (χ3n) is 3.60. The lowest BCUT2D eigenvalue weighted by molar-refractivity contribution is 0.0745. The van der Waals surface area contributed by atoms with E-state index in [0.29, 0.717) is 42.4 Å². The SMILES string of the molecule is N#Cc1ccc(N=S(=O)(c2ccccc2)N2CCOCC2)cc1. The fourth-order valence-corrected chi connectivity index (χ4v) is 4.47. The molecule has 2 aromatic rings. The van der Waals surface area contributed by atoms with Gasteiger partial charge in [-0.2, -0.15) is 9.62 Å². The van der Waals surface area contributed by atoms with Gasteiger partial charge < -0.3 is 4.74 Å². The summed E-state index contributed by atoms with van der Waals surface area (Å²) in [6, 6.07) is 18.2. The summed E-state index contributed by atoms with van der Waals surface area (Å²) in [6.45, 7) is 2.25. The molecule has 0 aromatic heterocycles. The van der Waals surface area contributed by atoms with Gasteiger partial charge in [0, 0.05) is 13.1 Å². The first-order chi connectivity index (χ1) is 11.2. The third kappa shape index (κ3) is 3.42. The van der Waals surface area contributed by atoms with Crippen molar-refractivity contribution in [3.05, 3.63) is 60.2 Å². The molecule has 23 heavy (non-hydrogen) atoms. The van der Waals surface area contributed by atoms with E-state index in [4.69, 9.17) is 10.00 Å². The van der Waals surface area contributed by atoms with Crippen molar-refractivity contribution in [1.29, 1.82) is 5.26 Å². The Labute approximate surface area is 136 Å². The van der Waals surface area contributed by atoms with Gasteiger partial charge in [-0.15, -0.1) is 0 Å². The number of nitrogens with zero attached hydrogens (tertiary/aromatic N) is 3. The van der Waals surface area contributed by atoms with E-state index in [1.54, 1.807) is 24.3 Å². The summed E-state index contributed by atoms with van der Waals surface area (Å²) < 4.78 is 25.5. The van der Waals surface area contributed by atoms with Gasteiger partial charge in [0.15, 0.2) is 0 Å². The minimum absolute atomic E-state index is 0.548. The van der Waals surface area contributed by atoms with Crippen molar-refractivity contribution < 1.29 is 8.95 Å². The predicted octanol–water partition coefficient (Wildman–Crippen LogP) is 2.96.